The monoisotopic (exact) mass is 363 g/mol. The Kier molecular flexibility index (Phi) is 5.41. The van der Waals surface area contributed by atoms with Crippen molar-refractivity contribution >= 4 is 28.6 Å². The zero-order chi connectivity index (χ0) is 19.2. The third-order valence-corrected chi connectivity index (χ3v) is 3.91. The van der Waals surface area contributed by atoms with Gasteiger partial charge < -0.3 is 4.74 Å². The Morgan fingerprint density at radius 1 is 1.11 bits per heavy atom. The second-order valence-electron chi connectivity index (χ2n) is 5.82. The number of hydrogen-bond acceptors (Lipinski definition) is 5. The molecule has 1 unspecified atom stereocenters. The fourth-order valence-corrected chi connectivity index (χ4v) is 2.49. The van der Waals surface area contributed by atoms with Gasteiger partial charge in [0.15, 0.2) is 6.10 Å². The first kappa shape index (κ1) is 18.1. The number of nitro groups is 1. The van der Waals surface area contributed by atoms with Crippen molar-refractivity contribution in [2.75, 3.05) is 0 Å². The van der Waals surface area contributed by atoms with Gasteiger partial charge >= 0.3 is 0 Å². The fourth-order valence-electron chi connectivity index (χ4n) is 2.49. The second kappa shape index (κ2) is 8.09. The molecule has 7 nitrogen and oxygen atoms in total. The molecule has 3 aromatic rings. The van der Waals surface area contributed by atoms with Crippen molar-refractivity contribution in [3.8, 4) is 5.75 Å². The molecule has 1 amide bonds. The van der Waals surface area contributed by atoms with Gasteiger partial charge in [-0.2, -0.15) is 5.10 Å². The smallest absolute Gasteiger partial charge is 0.280 e. The van der Waals surface area contributed by atoms with Gasteiger partial charge in [0, 0.05) is 17.5 Å². The number of nitrogens with zero attached hydrogens (tertiary/aromatic N) is 2. The molecule has 0 spiro atoms. The van der Waals surface area contributed by atoms with Crippen molar-refractivity contribution < 1.29 is 14.5 Å². The van der Waals surface area contributed by atoms with Crippen LogP contribution in [0.25, 0.3) is 10.8 Å². The molecule has 7 heteroatoms. The third kappa shape index (κ3) is 4.46. The number of nitro benzene ring substituents is 1. The predicted octanol–water partition coefficient (Wildman–Crippen LogP) is 3.67. The molecule has 0 saturated heterocycles. The van der Waals surface area contributed by atoms with E-state index in [0.29, 0.717) is 11.3 Å². The second-order valence-corrected chi connectivity index (χ2v) is 5.82. The minimum Gasteiger partial charge on any atom is -0.480 e. The van der Waals surface area contributed by atoms with Gasteiger partial charge in [0.2, 0.25) is 0 Å². The van der Waals surface area contributed by atoms with Gasteiger partial charge in [-0.15, -0.1) is 0 Å². The van der Waals surface area contributed by atoms with Crippen molar-refractivity contribution in [1.82, 2.24) is 5.43 Å². The zero-order valence-electron chi connectivity index (χ0n) is 14.5. The summed E-state index contributed by atoms with van der Waals surface area (Å²) in [4.78, 5) is 22.3. The number of rotatable bonds is 6. The summed E-state index contributed by atoms with van der Waals surface area (Å²) >= 11 is 0. The molecule has 0 aliphatic carbocycles. The number of carbonyl (C=O) groups excluding carboxylic acids is 1. The summed E-state index contributed by atoms with van der Waals surface area (Å²) in [7, 11) is 0. The normalized spacial score (nSPS) is 12.0. The molecule has 0 heterocycles. The predicted molar refractivity (Wildman–Crippen MR) is 103 cm³/mol. The Morgan fingerprint density at radius 3 is 2.56 bits per heavy atom. The lowest BCUT2D eigenvalue weighted by Crippen LogP contribution is -2.33. The summed E-state index contributed by atoms with van der Waals surface area (Å²) in [6, 6.07) is 19.2. The van der Waals surface area contributed by atoms with Crippen LogP contribution in [-0.4, -0.2) is 23.1 Å². The standard InChI is InChI=1S/C20H17N3O4/c1-14(27-19-8-4-6-16-5-2-3-7-18(16)19)20(24)22-21-13-15-9-11-17(12-10-15)23(25)26/h2-14H,1H3,(H,22,24)/b21-13+. The molecule has 0 radical (unpaired) electrons. The van der Waals surface area contributed by atoms with Crippen LogP contribution < -0.4 is 10.2 Å². The van der Waals surface area contributed by atoms with E-state index in [-0.39, 0.29) is 5.69 Å². The van der Waals surface area contributed by atoms with Gasteiger partial charge in [-0.1, -0.05) is 36.4 Å². The summed E-state index contributed by atoms with van der Waals surface area (Å²) in [5.74, 6) is 0.219. The average Bonchev–Trinajstić information content (AvgIpc) is 2.68. The summed E-state index contributed by atoms with van der Waals surface area (Å²) < 4.78 is 5.77. The molecule has 0 aliphatic heterocycles. The molecule has 0 aromatic heterocycles. The summed E-state index contributed by atoms with van der Waals surface area (Å²) in [6.07, 6.45) is 0.663. The highest BCUT2D eigenvalue weighted by molar-refractivity contribution is 5.89. The van der Waals surface area contributed by atoms with Crippen LogP contribution in [0.4, 0.5) is 5.69 Å². The summed E-state index contributed by atoms with van der Waals surface area (Å²) in [5.41, 5.74) is 3.03. The first-order valence-electron chi connectivity index (χ1n) is 8.26. The van der Waals surface area contributed by atoms with Crippen molar-refractivity contribution in [1.29, 1.82) is 0 Å². The first-order valence-corrected chi connectivity index (χ1v) is 8.26. The van der Waals surface area contributed by atoms with E-state index in [1.165, 1.54) is 18.3 Å². The Hall–Kier alpha value is -3.74. The van der Waals surface area contributed by atoms with E-state index >= 15 is 0 Å². The molecule has 1 N–H and O–H groups in total. The molecule has 3 rings (SSSR count). The molecule has 27 heavy (non-hydrogen) atoms. The maximum absolute atomic E-state index is 12.2. The fraction of sp³-hybridized carbons (Fsp3) is 0.100. The third-order valence-electron chi connectivity index (χ3n) is 3.91. The number of non-ortho nitro benzene ring substituents is 1. The largest absolute Gasteiger partial charge is 0.480 e. The number of hydrazone groups is 1. The number of benzene rings is 3. The highest BCUT2D eigenvalue weighted by Crippen LogP contribution is 2.26. The lowest BCUT2D eigenvalue weighted by atomic mass is 10.1. The first-order chi connectivity index (χ1) is 13.0. The van der Waals surface area contributed by atoms with E-state index in [0.717, 1.165) is 10.8 Å². The number of ether oxygens (including phenoxy) is 1. The number of carbonyl (C=O) groups is 1. The van der Waals surface area contributed by atoms with E-state index < -0.39 is 16.9 Å². The molecule has 1 atom stereocenters. The minimum atomic E-state index is -0.746. The van der Waals surface area contributed by atoms with Crippen LogP contribution in [0.15, 0.2) is 71.8 Å². The van der Waals surface area contributed by atoms with Crippen LogP contribution in [0, 0.1) is 10.1 Å². The molecule has 0 bridgehead atoms. The average molecular weight is 363 g/mol. The maximum Gasteiger partial charge on any atom is 0.280 e. The van der Waals surface area contributed by atoms with E-state index in [1.807, 2.05) is 42.5 Å². The highest BCUT2D eigenvalue weighted by atomic mass is 16.6. The number of nitrogens with one attached hydrogen (secondary N) is 1. The van der Waals surface area contributed by atoms with Crippen LogP contribution in [0.3, 0.4) is 0 Å². The molecule has 3 aromatic carbocycles. The Bertz CT molecular complexity index is 994. The van der Waals surface area contributed by atoms with Crippen LogP contribution in [0.1, 0.15) is 12.5 Å². The zero-order valence-corrected chi connectivity index (χ0v) is 14.5. The minimum absolute atomic E-state index is 0.00621. The van der Waals surface area contributed by atoms with Gasteiger partial charge in [0.05, 0.1) is 11.1 Å². The van der Waals surface area contributed by atoms with E-state index in [9.17, 15) is 14.9 Å². The molecule has 136 valence electrons. The van der Waals surface area contributed by atoms with E-state index in [1.54, 1.807) is 19.1 Å². The number of amides is 1. The highest BCUT2D eigenvalue weighted by Gasteiger charge is 2.15. The van der Waals surface area contributed by atoms with Crippen molar-refractivity contribution in [2.45, 2.75) is 13.0 Å². The molecular formula is C20H17N3O4. The Labute approximate surface area is 155 Å². The lowest BCUT2D eigenvalue weighted by molar-refractivity contribution is -0.384. The topological polar surface area (TPSA) is 93.8 Å². The van der Waals surface area contributed by atoms with E-state index in [4.69, 9.17) is 4.74 Å². The van der Waals surface area contributed by atoms with Crippen LogP contribution >= 0.6 is 0 Å². The SMILES string of the molecule is CC(Oc1cccc2ccccc12)C(=O)N/N=C/c1ccc([N+](=O)[O-])cc1. The summed E-state index contributed by atoms with van der Waals surface area (Å²) in [6.45, 7) is 1.64. The molecular weight excluding hydrogens is 346 g/mol. The summed E-state index contributed by atoms with van der Waals surface area (Å²) in [5, 5.41) is 16.4. The van der Waals surface area contributed by atoms with Crippen LogP contribution in [-0.2, 0) is 4.79 Å². The quantitative estimate of drug-likeness (QED) is 0.411. The molecule has 0 aliphatic rings. The van der Waals surface area contributed by atoms with Crippen molar-refractivity contribution in [2.24, 2.45) is 5.10 Å². The van der Waals surface area contributed by atoms with Gasteiger partial charge in [0.25, 0.3) is 11.6 Å². The van der Waals surface area contributed by atoms with Gasteiger partial charge in [0.1, 0.15) is 5.75 Å². The Balaban J connectivity index is 1.61. The van der Waals surface area contributed by atoms with Crippen molar-refractivity contribution in [3.05, 3.63) is 82.4 Å². The lowest BCUT2D eigenvalue weighted by Gasteiger charge is -2.14. The molecule has 0 saturated carbocycles. The van der Waals surface area contributed by atoms with Gasteiger partial charge in [-0.25, -0.2) is 5.43 Å². The molecule has 0 fully saturated rings. The van der Waals surface area contributed by atoms with Gasteiger partial charge in [-0.05, 0) is 36.1 Å². The maximum atomic E-state index is 12.2. The van der Waals surface area contributed by atoms with Crippen LogP contribution in [0.5, 0.6) is 5.75 Å². The van der Waals surface area contributed by atoms with Gasteiger partial charge in [-0.3, -0.25) is 14.9 Å². The van der Waals surface area contributed by atoms with Crippen LogP contribution in [0.2, 0.25) is 0 Å². The van der Waals surface area contributed by atoms with Crippen molar-refractivity contribution in [3.63, 3.8) is 0 Å². The van der Waals surface area contributed by atoms with E-state index in [2.05, 4.69) is 10.5 Å². The Morgan fingerprint density at radius 2 is 1.81 bits per heavy atom. The number of hydrogen-bond donors (Lipinski definition) is 1. The number of fused-ring (bicyclic) bond motifs is 1.